The third-order valence-corrected chi connectivity index (χ3v) is 3.66. The summed E-state index contributed by atoms with van der Waals surface area (Å²) in [6.07, 6.45) is -0.00311. The van der Waals surface area contributed by atoms with Gasteiger partial charge in [-0.3, -0.25) is 9.59 Å². The van der Waals surface area contributed by atoms with E-state index in [9.17, 15) is 14.7 Å². The molecule has 6 nitrogen and oxygen atoms in total. The number of aliphatic carboxylic acids is 1. The van der Waals surface area contributed by atoms with E-state index in [0.29, 0.717) is 17.1 Å². The van der Waals surface area contributed by atoms with E-state index >= 15 is 0 Å². The number of rotatable bonds is 4. The number of nitrogens with zero attached hydrogens (tertiary/aromatic N) is 1. The van der Waals surface area contributed by atoms with Gasteiger partial charge in [0.25, 0.3) is 0 Å². The fourth-order valence-corrected chi connectivity index (χ4v) is 2.66. The van der Waals surface area contributed by atoms with Crippen LogP contribution in [0.3, 0.4) is 0 Å². The third-order valence-electron chi connectivity index (χ3n) is 3.66. The topological polar surface area (TPSA) is 76.1 Å². The molecular formula is C14H17NO5. The predicted molar refractivity (Wildman–Crippen MR) is 70.8 cm³/mol. The van der Waals surface area contributed by atoms with Crippen molar-refractivity contribution >= 4 is 11.9 Å². The Morgan fingerprint density at radius 3 is 2.60 bits per heavy atom. The quantitative estimate of drug-likeness (QED) is 0.899. The van der Waals surface area contributed by atoms with Gasteiger partial charge in [0.2, 0.25) is 5.91 Å². The summed E-state index contributed by atoms with van der Waals surface area (Å²) in [4.78, 5) is 24.7. The molecule has 1 fully saturated rings. The van der Waals surface area contributed by atoms with Gasteiger partial charge in [-0.05, 0) is 6.07 Å². The molecule has 1 amide bonds. The van der Waals surface area contributed by atoms with E-state index in [-0.39, 0.29) is 12.3 Å². The minimum atomic E-state index is -0.988. The SMILES string of the molecule is COc1cccc([C@H]2[C@@H](C(=O)O)CC(=O)N2C)c1OC. The van der Waals surface area contributed by atoms with Crippen LogP contribution in [0.5, 0.6) is 11.5 Å². The largest absolute Gasteiger partial charge is 0.493 e. The summed E-state index contributed by atoms with van der Waals surface area (Å²) < 4.78 is 10.6. The summed E-state index contributed by atoms with van der Waals surface area (Å²) in [5.41, 5.74) is 0.646. The lowest BCUT2D eigenvalue weighted by atomic mass is 9.93. The number of carboxylic acids is 1. The number of hydrogen-bond acceptors (Lipinski definition) is 4. The molecule has 0 bridgehead atoms. The molecule has 1 aliphatic rings. The first-order valence-corrected chi connectivity index (χ1v) is 6.20. The Morgan fingerprint density at radius 1 is 1.35 bits per heavy atom. The Balaban J connectivity index is 2.53. The van der Waals surface area contributed by atoms with Crippen LogP contribution in [-0.2, 0) is 9.59 Å². The van der Waals surface area contributed by atoms with Crippen LogP contribution >= 0.6 is 0 Å². The number of methoxy groups -OCH3 is 2. The number of benzene rings is 1. The van der Waals surface area contributed by atoms with Crippen LogP contribution in [0.15, 0.2) is 18.2 Å². The van der Waals surface area contributed by atoms with Crippen molar-refractivity contribution in [2.75, 3.05) is 21.3 Å². The highest BCUT2D eigenvalue weighted by Crippen LogP contribution is 2.44. The lowest BCUT2D eigenvalue weighted by Crippen LogP contribution is -2.27. The van der Waals surface area contributed by atoms with E-state index in [1.54, 1.807) is 25.2 Å². The Bertz CT molecular complexity index is 542. The Labute approximate surface area is 116 Å². The lowest BCUT2D eigenvalue weighted by molar-refractivity contribution is -0.142. The number of likely N-dealkylation sites (tertiary alicyclic amines) is 1. The molecule has 1 aromatic rings. The highest BCUT2D eigenvalue weighted by molar-refractivity contribution is 5.87. The molecule has 0 aromatic heterocycles. The average molecular weight is 279 g/mol. The third kappa shape index (κ3) is 2.17. The number of hydrogen-bond donors (Lipinski definition) is 1. The zero-order valence-electron chi connectivity index (χ0n) is 11.6. The highest BCUT2D eigenvalue weighted by atomic mass is 16.5. The van der Waals surface area contributed by atoms with Gasteiger partial charge in [-0.2, -0.15) is 0 Å². The van der Waals surface area contributed by atoms with Gasteiger partial charge in [-0.25, -0.2) is 0 Å². The number of carbonyl (C=O) groups is 2. The first-order chi connectivity index (χ1) is 9.51. The van der Waals surface area contributed by atoms with Crippen LogP contribution in [0.25, 0.3) is 0 Å². The second-order valence-corrected chi connectivity index (χ2v) is 4.68. The molecule has 1 heterocycles. The van der Waals surface area contributed by atoms with Crippen LogP contribution in [0.1, 0.15) is 18.0 Å². The zero-order valence-corrected chi connectivity index (χ0v) is 11.6. The van der Waals surface area contributed by atoms with Crippen molar-refractivity contribution < 1.29 is 24.2 Å². The molecule has 2 rings (SSSR count). The Hall–Kier alpha value is -2.24. The zero-order chi connectivity index (χ0) is 14.9. The van der Waals surface area contributed by atoms with E-state index in [1.807, 2.05) is 0 Å². The highest BCUT2D eigenvalue weighted by Gasteiger charge is 2.44. The summed E-state index contributed by atoms with van der Waals surface area (Å²) in [5, 5.41) is 9.32. The van der Waals surface area contributed by atoms with Crippen molar-refractivity contribution in [2.24, 2.45) is 5.92 Å². The molecule has 2 atom stereocenters. The lowest BCUT2D eigenvalue weighted by Gasteiger charge is -2.25. The van der Waals surface area contributed by atoms with Crippen LogP contribution in [0.4, 0.5) is 0 Å². The predicted octanol–water partition coefficient (Wildman–Crippen LogP) is 1.31. The van der Waals surface area contributed by atoms with Crippen molar-refractivity contribution in [3.8, 4) is 11.5 Å². The molecule has 108 valence electrons. The second-order valence-electron chi connectivity index (χ2n) is 4.68. The molecular weight excluding hydrogens is 262 g/mol. The van der Waals surface area contributed by atoms with Gasteiger partial charge in [0.05, 0.1) is 26.2 Å². The van der Waals surface area contributed by atoms with Gasteiger partial charge in [0.15, 0.2) is 11.5 Å². The minimum absolute atomic E-state index is 0.00311. The molecule has 0 aliphatic carbocycles. The summed E-state index contributed by atoms with van der Waals surface area (Å²) in [6, 6.07) is 4.70. The molecule has 0 saturated carbocycles. The van der Waals surface area contributed by atoms with Crippen molar-refractivity contribution in [3.63, 3.8) is 0 Å². The monoisotopic (exact) mass is 279 g/mol. The fourth-order valence-electron chi connectivity index (χ4n) is 2.66. The van der Waals surface area contributed by atoms with E-state index < -0.39 is 17.9 Å². The molecule has 1 saturated heterocycles. The van der Waals surface area contributed by atoms with E-state index in [0.717, 1.165) is 0 Å². The van der Waals surface area contributed by atoms with Gasteiger partial charge in [0.1, 0.15) is 0 Å². The van der Waals surface area contributed by atoms with Crippen molar-refractivity contribution in [3.05, 3.63) is 23.8 Å². The maximum absolute atomic E-state index is 11.8. The van der Waals surface area contributed by atoms with Crippen LogP contribution in [-0.4, -0.2) is 43.2 Å². The Morgan fingerprint density at radius 2 is 2.05 bits per heavy atom. The van der Waals surface area contributed by atoms with Gasteiger partial charge in [-0.15, -0.1) is 0 Å². The fraction of sp³-hybridized carbons (Fsp3) is 0.429. The van der Waals surface area contributed by atoms with Crippen molar-refractivity contribution in [1.29, 1.82) is 0 Å². The number of amides is 1. The number of para-hydroxylation sites is 1. The minimum Gasteiger partial charge on any atom is -0.493 e. The van der Waals surface area contributed by atoms with Crippen molar-refractivity contribution in [2.45, 2.75) is 12.5 Å². The van der Waals surface area contributed by atoms with E-state index in [2.05, 4.69) is 0 Å². The van der Waals surface area contributed by atoms with Gasteiger partial charge in [-0.1, -0.05) is 12.1 Å². The summed E-state index contributed by atoms with van der Waals surface area (Å²) in [5.74, 6) is -0.979. The van der Waals surface area contributed by atoms with Crippen LogP contribution in [0.2, 0.25) is 0 Å². The van der Waals surface area contributed by atoms with Crippen molar-refractivity contribution in [1.82, 2.24) is 4.90 Å². The Kier molecular flexibility index (Phi) is 3.83. The van der Waals surface area contributed by atoms with E-state index in [4.69, 9.17) is 9.47 Å². The standard InChI is InChI=1S/C14H17NO5/c1-15-11(16)7-9(14(17)18)12(15)8-5-4-6-10(19-2)13(8)20-3/h4-6,9,12H,7H2,1-3H3,(H,17,18)/t9-,12-/m0/s1. The molecule has 0 spiro atoms. The molecule has 6 heteroatoms. The van der Waals surface area contributed by atoms with E-state index in [1.165, 1.54) is 19.1 Å². The molecule has 1 aliphatic heterocycles. The molecule has 1 aromatic carbocycles. The van der Waals surface area contributed by atoms with Gasteiger partial charge in [0, 0.05) is 19.0 Å². The smallest absolute Gasteiger partial charge is 0.309 e. The van der Waals surface area contributed by atoms with Gasteiger partial charge < -0.3 is 19.5 Å². The molecule has 0 radical (unpaired) electrons. The average Bonchev–Trinajstić information content (AvgIpc) is 2.74. The first kappa shape index (κ1) is 14.2. The number of carboxylic acid groups (broad SMARTS) is 1. The first-order valence-electron chi connectivity index (χ1n) is 6.20. The summed E-state index contributed by atoms with van der Waals surface area (Å²) in [7, 11) is 4.61. The maximum Gasteiger partial charge on any atom is 0.309 e. The maximum atomic E-state index is 11.8. The molecule has 0 unspecified atom stereocenters. The normalized spacial score (nSPS) is 21.9. The number of ether oxygens (including phenoxy) is 2. The molecule has 20 heavy (non-hydrogen) atoms. The summed E-state index contributed by atoms with van der Waals surface area (Å²) in [6.45, 7) is 0. The molecule has 1 N–H and O–H groups in total. The number of carbonyl (C=O) groups excluding carboxylic acids is 1. The van der Waals surface area contributed by atoms with Crippen LogP contribution in [0, 0.1) is 5.92 Å². The second kappa shape index (κ2) is 5.40. The van der Waals surface area contributed by atoms with Crippen LogP contribution < -0.4 is 9.47 Å². The van der Waals surface area contributed by atoms with Gasteiger partial charge >= 0.3 is 5.97 Å². The summed E-state index contributed by atoms with van der Waals surface area (Å²) >= 11 is 0.